The molecule has 1 aromatic heterocycles. The Labute approximate surface area is 100.0 Å². The van der Waals surface area contributed by atoms with E-state index >= 15 is 0 Å². The minimum atomic E-state index is 0.182. The maximum Gasteiger partial charge on any atom is 0.124 e. The van der Waals surface area contributed by atoms with Crippen LogP contribution in [0.2, 0.25) is 0 Å². The first-order chi connectivity index (χ1) is 6.80. The van der Waals surface area contributed by atoms with Gasteiger partial charge in [-0.25, -0.2) is 4.98 Å². The molecule has 0 atom stereocenters. The van der Waals surface area contributed by atoms with E-state index in [-0.39, 0.29) is 5.41 Å². The van der Waals surface area contributed by atoms with Gasteiger partial charge in [0.1, 0.15) is 4.60 Å². The Balaban J connectivity index is 3.09. The highest BCUT2D eigenvalue weighted by atomic mass is 79.9. The summed E-state index contributed by atoms with van der Waals surface area (Å²) in [6.07, 6.45) is 3.84. The largest absolute Gasteiger partial charge is 0.252 e. The molecule has 0 radical (unpaired) electrons. The van der Waals surface area contributed by atoms with Gasteiger partial charge in [0.15, 0.2) is 0 Å². The molecule has 0 unspecified atom stereocenters. The van der Waals surface area contributed by atoms with Crippen molar-refractivity contribution in [2.75, 3.05) is 0 Å². The third kappa shape index (κ3) is 3.42. The number of hydrogen-bond acceptors (Lipinski definition) is 2. The van der Waals surface area contributed by atoms with Crippen molar-refractivity contribution in [2.45, 2.75) is 34.6 Å². The highest BCUT2D eigenvalue weighted by molar-refractivity contribution is 9.10. The average molecular weight is 269 g/mol. The topological polar surface area (TPSA) is 25.8 Å². The molecule has 0 saturated carbocycles. The standard InChI is InChI=1S/C12H17BrN2/c1-8(12(3,4)5)6-10-9(2)15-11(13)7-14-10/h6-7H,1-5H3/b8-6+. The monoisotopic (exact) mass is 268 g/mol. The SMILES string of the molecule is C/C(=C\c1ncc(Br)nc1C)C(C)(C)C. The molecule has 0 amide bonds. The van der Waals surface area contributed by atoms with Crippen LogP contribution in [-0.4, -0.2) is 9.97 Å². The summed E-state index contributed by atoms with van der Waals surface area (Å²) in [5.74, 6) is 0. The van der Waals surface area contributed by atoms with Gasteiger partial charge >= 0.3 is 0 Å². The third-order valence-corrected chi connectivity index (χ3v) is 2.87. The van der Waals surface area contributed by atoms with E-state index in [1.807, 2.05) is 6.92 Å². The zero-order chi connectivity index (χ0) is 11.6. The average Bonchev–Trinajstić information content (AvgIpc) is 2.08. The molecule has 0 spiro atoms. The second kappa shape index (κ2) is 4.44. The normalized spacial score (nSPS) is 13.1. The van der Waals surface area contributed by atoms with Gasteiger partial charge in [0.05, 0.1) is 17.6 Å². The van der Waals surface area contributed by atoms with Crippen LogP contribution in [0.5, 0.6) is 0 Å². The van der Waals surface area contributed by atoms with Crippen molar-refractivity contribution in [1.82, 2.24) is 9.97 Å². The predicted molar refractivity (Wildman–Crippen MR) is 67.6 cm³/mol. The summed E-state index contributed by atoms with van der Waals surface area (Å²) in [5, 5.41) is 0. The Bertz CT molecular complexity index is 389. The van der Waals surface area contributed by atoms with Gasteiger partial charge < -0.3 is 0 Å². The number of nitrogens with zero attached hydrogens (tertiary/aromatic N) is 2. The van der Waals surface area contributed by atoms with Crippen LogP contribution in [0, 0.1) is 12.3 Å². The summed E-state index contributed by atoms with van der Waals surface area (Å²) in [5.41, 5.74) is 3.39. The summed E-state index contributed by atoms with van der Waals surface area (Å²) in [6.45, 7) is 10.7. The quantitative estimate of drug-likeness (QED) is 0.770. The molecule has 2 nitrogen and oxygen atoms in total. The van der Waals surface area contributed by atoms with Crippen LogP contribution in [0.4, 0.5) is 0 Å². The number of hydrogen-bond donors (Lipinski definition) is 0. The second-order valence-corrected chi connectivity index (χ2v) is 5.55. The lowest BCUT2D eigenvalue weighted by Crippen LogP contribution is -2.06. The Morgan fingerprint density at radius 2 is 2.00 bits per heavy atom. The van der Waals surface area contributed by atoms with E-state index in [9.17, 15) is 0 Å². The summed E-state index contributed by atoms with van der Waals surface area (Å²) in [7, 11) is 0. The fourth-order valence-electron chi connectivity index (χ4n) is 1.03. The van der Waals surface area contributed by atoms with Crippen molar-refractivity contribution in [3.8, 4) is 0 Å². The van der Waals surface area contributed by atoms with Crippen LogP contribution < -0.4 is 0 Å². The van der Waals surface area contributed by atoms with Gasteiger partial charge in [-0.1, -0.05) is 26.3 Å². The van der Waals surface area contributed by atoms with Crippen molar-refractivity contribution < 1.29 is 0 Å². The van der Waals surface area contributed by atoms with Crippen molar-refractivity contribution in [3.05, 3.63) is 27.8 Å². The molecule has 0 bridgehead atoms. The van der Waals surface area contributed by atoms with E-state index in [0.717, 1.165) is 16.0 Å². The Kier molecular flexibility index (Phi) is 3.66. The van der Waals surface area contributed by atoms with Gasteiger partial charge in [-0.2, -0.15) is 0 Å². The molecule has 3 heteroatoms. The molecule has 1 rings (SSSR count). The van der Waals surface area contributed by atoms with Crippen molar-refractivity contribution in [3.63, 3.8) is 0 Å². The minimum absolute atomic E-state index is 0.182. The minimum Gasteiger partial charge on any atom is -0.252 e. The molecule has 0 aliphatic rings. The molecule has 1 aromatic rings. The lowest BCUT2D eigenvalue weighted by Gasteiger charge is -2.19. The van der Waals surface area contributed by atoms with Crippen molar-refractivity contribution in [2.24, 2.45) is 5.41 Å². The fourth-order valence-corrected chi connectivity index (χ4v) is 1.39. The summed E-state index contributed by atoms with van der Waals surface area (Å²) in [6, 6.07) is 0. The first kappa shape index (κ1) is 12.4. The molecule has 15 heavy (non-hydrogen) atoms. The second-order valence-electron chi connectivity index (χ2n) is 4.74. The molecule has 0 aliphatic heterocycles. The number of rotatable bonds is 1. The zero-order valence-corrected chi connectivity index (χ0v) is 11.5. The smallest absolute Gasteiger partial charge is 0.124 e. The molecule has 82 valence electrons. The van der Waals surface area contributed by atoms with Gasteiger partial charge in [0.25, 0.3) is 0 Å². The van der Waals surface area contributed by atoms with E-state index in [4.69, 9.17) is 0 Å². The summed E-state index contributed by atoms with van der Waals surface area (Å²) < 4.78 is 0.783. The van der Waals surface area contributed by atoms with E-state index in [1.165, 1.54) is 5.57 Å². The number of aryl methyl sites for hydroxylation is 1. The van der Waals surface area contributed by atoms with Gasteiger partial charge in [-0.05, 0) is 41.3 Å². The molecule has 0 saturated heterocycles. The first-order valence-corrected chi connectivity index (χ1v) is 5.78. The molecule has 0 fully saturated rings. The predicted octanol–water partition coefficient (Wildman–Crippen LogP) is 4.00. The van der Waals surface area contributed by atoms with E-state index in [2.05, 4.69) is 59.7 Å². The zero-order valence-electron chi connectivity index (χ0n) is 9.93. The van der Waals surface area contributed by atoms with Crippen LogP contribution >= 0.6 is 15.9 Å². The summed E-state index contributed by atoms with van der Waals surface area (Å²) >= 11 is 3.31. The Morgan fingerprint density at radius 3 is 2.47 bits per heavy atom. The number of allylic oxidation sites excluding steroid dienone is 1. The van der Waals surface area contributed by atoms with E-state index in [0.29, 0.717) is 0 Å². The lowest BCUT2D eigenvalue weighted by molar-refractivity contribution is 0.507. The number of halogens is 1. The van der Waals surface area contributed by atoms with E-state index < -0.39 is 0 Å². The Hall–Kier alpha value is -0.700. The van der Waals surface area contributed by atoms with Crippen LogP contribution in [0.25, 0.3) is 6.08 Å². The Morgan fingerprint density at radius 1 is 1.40 bits per heavy atom. The molecule has 0 N–H and O–H groups in total. The lowest BCUT2D eigenvalue weighted by atomic mass is 9.87. The molecule has 0 aliphatic carbocycles. The van der Waals surface area contributed by atoms with Crippen molar-refractivity contribution in [1.29, 1.82) is 0 Å². The highest BCUT2D eigenvalue weighted by Crippen LogP contribution is 2.26. The fraction of sp³-hybridized carbons (Fsp3) is 0.500. The molecular formula is C12H17BrN2. The van der Waals surface area contributed by atoms with Gasteiger partial charge in [0, 0.05) is 0 Å². The van der Waals surface area contributed by atoms with Gasteiger partial charge in [-0.15, -0.1) is 0 Å². The van der Waals surface area contributed by atoms with Crippen LogP contribution in [-0.2, 0) is 0 Å². The maximum absolute atomic E-state index is 4.35. The van der Waals surface area contributed by atoms with Crippen LogP contribution in [0.1, 0.15) is 39.1 Å². The number of aromatic nitrogens is 2. The van der Waals surface area contributed by atoms with Crippen LogP contribution in [0.15, 0.2) is 16.4 Å². The van der Waals surface area contributed by atoms with Crippen LogP contribution in [0.3, 0.4) is 0 Å². The molecule has 1 heterocycles. The molecule has 0 aromatic carbocycles. The van der Waals surface area contributed by atoms with Gasteiger partial charge in [0.2, 0.25) is 0 Å². The van der Waals surface area contributed by atoms with Gasteiger partial charge in [-0.3, -0.25) is 4.98 Å². The third-order valence-electron chi connectivity index (χ3n) is 2.49. The molecular weight excluding hydrogens is 252 g/mol. The van der Waals surface area contributed by atoms with Crippen molar-refractivity contribution >= 4 is 22.0 Å². The maximum atomic E-state index is 4.35. The van der Waals surface area contributed by atoms with E-state index in [1.54, 1.807) is 6.20 Å². The highest BCUT2D eigenvalue weighted by Gasteiger charge is 2.13. The first-order valence-electron chi connectivity index (χ1n) is 4.98. The summed E-state index contributed by atoms with van der Waals surface area (Å²) in [4.78, 5) is 8.66.